The van der Waals surface area contributed by atoms with Crippen LogP contribution in [0.25, 0.3) is 0 Å². The molecule has 6 heteroatoms. The maximum Gasteiger partial charge on any atom is 0.326 e. The van der Waals surface area contributed by atoms with E-state index in [0.29, 0.717) is 13.2 Å². The van der Waals surface area contributed by atoms with Gasteiger partial charge in [0.15, 0.2) is 0 Å². The SMILES string of the molecule is CC(C)(C)[C@H](NC(=O)N1CCOC2CCCCC21)C(=O)O. The fourth-order valence-corrected chi connectivity index (χ4v) is 3.20. The van der Waals surface area contributed by atoms with Crippen molar-refractivity contribution in [2.24, 2.45) is 5.41 Å². The summed E-state index contributed by atoms with van der Waals surface area (Å²) >= 11 is 0. The topological polar surface area (TPSA) is 78.9 Å². The lowest BCUT2D eigenvalue weighted by atomic mass is 9.86. The van der Waals surface area contributed by atoms with Crippen molar-refractivity contribution < 1.29 is 19.4 Å². The molecule has 1 aliphatic carbocycles. The summed E-state index contributed by atoms with van der Waals surface area (Å²) in [4.78, 5) is 25.7. The van der Waals surface area contributed by atoms with Crippen LogP contribution in [0.15, 0.2) is 0 Å². The zero-order valence-corrected chi connectivity index (χ0v) is 13.1. The summed E-state index contributed by atoms with van der Waals surface area (Å²) in [7, 11) is 0. The molecule has 0 spiro atoms. The average Bonchev–Trinajstić information content (AvgIpc) is 2.42. The quantitative estimate of drug-likeness (QED) is 0.815. The highest BCUT2D eigenvalue weighted by Crippen LogP contribution is 2.29. The second-order valence-corrected chi connectivity index (χ2v) is 7.04. The minimum atomic E-state index is -0.996. The number of ether oxygens (including phenoxy) is 1. The average molecular weight is 298 g/mol. The van der Waals surface area contributed by atoms with Gasteiger partial charge in [-0.25, -0.2) is 9.59 Å². The standard InChI is InChI=1S/C15H26N2O4/c1-15(2,3)12(13(18)19)16-14(20)17-8-9-21-11-7-5-4-6-10(11)17/h10-12H,4-9H2,1-3H3,(H,16,20)(H,18,19)/t10?,11?,12-/m1/s1. The fraction of sp³-hybridized carbons (Fsp3) is 0.867. The molecule has 1 heterocycles. The van der Waals surface area contributed by atoms with Gasteiger partial charge in [-0.15, -0.1) is 0 Å². The number of nitrogens with zero attached hydrogens (tertiary/aromatic N) is 1. The monoisotopic (exact) mass is 298 g/mol. The molecule has 0 aromatic heterocycles. The smallest absolute Gasteiger partial charge is 0.326 e. The number of urea groups is 1. The molecule has 6 nitrogen and oxygen atoms in total. The molecular weight excluding hydrogens is 272 g/mol. The molecule has 1 saturated heterocycles. The number of hydrogen-bond donors (Lipinski definition) is 2. The van der Waals surface area contributed by atoms with Gasteiger partial charge < -0.3 is 20.1 Å². The lowest BCUT2D eigenvalue weighted by Crippen LogP contribution is -2.60. The molecule has 1 aliphatic heterocycles. The van der Waals surface area contributed by atoms with Gasteiger partial charge in [0.1, 0.15) is 6.04 Å². The van der Waals surface area contributed by atoms with E-state index < -0.39 is 17.4 Å². The molecular formula is C15H26N2O4. The van der Waals surface area contributed by atoms with Crippen molar-refractivity contribution in [2.45, 2.75) is 64.6 Å². The van der Waals surface area contributed by atoms with Crippen LogP contribution in [0.4, 0.5) is 4.79 Å². The van der Waals surface area contributed by atoms with Crippen LogP contribution in [0, 0.1) is 5.41 Å². The Morgan fingerprint density at radius 1 is 1.29 bits per heavy atom. The number of fused-ring (bicyclic) bond motifs is 1. The normalized spacial score (nSPS) is 27.7. The van der Waals surface area contributed by atoms with E-state index in [9.17, 15) is 14.7 Å². The number of nitrogens with one attached hydrogen (secondary N) is 1. The van der Waals surface area contributed by atoms with E-state index in [2.05, 4.69) is 5.32 Å². The molecule has 2 unspecified atom stereocenters. The van der Waals surface area contributed by atoms with Gasteiger partial charge in [0.2, 0.25) is 0 Å². The third-order valence-electron chi connectivity index (χ3n) is 4.37. The maximum absolute atomic E-state index is 12.5. The van der Waals surface area contributed by atoms with Gasteiger partial charge in [0, 0.05) is 6.54 Å². The van der Waals surface area contributed by atoms with Crippen molar-refractivity contribution in [3.05, 3.63) is 0 Å². The number of carboxylic acids is 1. The molecule has 2 fully saturated rings. The summed E-state index contributed by atoms with van der Waals surface area (Å²) in [5, 5.41) is 12.0. The van der Waals surface area contributed by atoms with Gasteiger partial charge in [-0.1, -0.05) is 33.6 Å². The largest absolute Gasteiger partial charge is 0.480 e. The first-order chi connectivity index (χ1) is 9.80. The van der Waals surface area contributed by atoms with Crippen molar-refractivity contribution >= 4 is 12.0 Å². The number of rotatable bonds is 2. The Bertz CT molecular complexity index is 403. The van der Waals surface area contributed by atoms with Gasteiger partial charge in [-0.3, -0.25) is 0 Å². The van der Waals surface area contributed by atoms with Crippen LogP contribution < -0.4 is 5.32 Å². The van der Waals surface area contributed by atoms with E-state index in [1.54, 1.807) is 4.90 Å². The van der Waals surface area contributed by atoms with Crippen molar-refractivity contribution in [3.63, 3.8) is 0 Å². The predicted molar refractivity (Wildman–Crippen MR) is 78.1 cm³/mol. The zero-order chi connectivity index (χ0) is 15.6. The molecule has 0 aromatic rings. The Labute approximate surface area is 125 Å². The molecule has 0 bridgehead atoms. The molecule has 2 amide bonds. The Morgan fingerprint density at radius 3 is 2.57 bits per heavy atom. The summed E-state index contributed by atoms with van der Waals surface area (Å²) in [6.07, 6.45) is 4.25. The van der Waals surface area contributed by atoms with Gasteiger partial charge >= 0.3 is 12.0 Å². The fourth-order valence-electron chi connectivity index (χ4n) is 3.20. The molecule has 3 atom stereocenters. The van der Waals surface area contributed by atoms with Gasteiger partial charge in [-0.2, -0.15) is 0 Å². The summed E-state index contributed by atoms with van der Waals surface area (Å²) < 4.78 is 5.74. The van der Waals surface area contributed by atoms with Gasteiger partial charge in [0.05, 0.1) is 18.8 Å². The second kappa shape index (κ2) is 6.22. The van der Waals surface area contributed by atoms with Gasteiger partial charge in [0.25, 0.3) is 0 Å². The third kappa shape index (κ3) is 3.67. The van der Waals surface area contributed by atoms with Crippen LogP contribution >= 0.6 is 0 Å². The number of amides is 2. The molecule has 0 aromatic carbocycles. The first-order valence-corrected chi connectivity index (χ1v) is 7.72. The Morgan fingerprint density at radius 2 is 1.95 bits per heavy atom. The van der Waals surface area contributed by atoms with Crippen LogP contribution in [-0.4, -0.2) is 53.3 Å². The maximum atomic E-state index is 12.5. The minimum Gasteiger partial charge on any atom is -0.480 e. The summed E-state index contributed by atoms with van der Waals surface area (Å²) in [6.45, 7) is 6.50. The molecule has 1 saturated carbocycles. The summed E-state index contributed by atoms with van der Waals surface area (Å²) in [5.74, 6) is -0.996. The first kappa shape index (κ1) is 16.1. The first-order valence-electron chi connectivity index (χ1n) is 7.72. The highest BCUT2D eigenvalue weighted by molar-refractivity contribution is 5.83. The molecule has 2 aliphatic rings. The van der Waals surface area contributed by atoms with E-state index in [-0.39, 0.29) is 18.2 Å². The number of hydrogen-bond acceptors (Lipinski definition) is 3. The van der Waals surface area contributed by atoms with Crippen molar-refractivity contribution in [1.29, 1.82) is 0 Å². The number of carboxylic acid groups (broad SMARTS) is 1. The van der Waals surface area contributed by atoms with Crippen molar-refractivity contribution in [2.75, 3.05) is 13.2 Å². The van der Waals surface area contributed by atoms with Crippen molar-refractivity contribution in [1.82, 2.24) is 10.2 Å². The number of carbonyl (C=O) groups is 2. The Hall–Kier alpha value is -1.30. The zero-order valence-electron chi connectivity index (χ0n) is 13.1. The van der Waals surface area contributed by atoms with E-state index in [0.717, 1.165) is 25.7 Å². The molecule has 120 valence electrons. The van der Waals surface area contributed by atoms with E-state index in [4.69, 9.17) is 4.74 Å². The Kier molecular flexibility index (Phi) is 4.76. The highest BCUT2D eigenvalue weighted by atomic mass is 16.5. The number of morpholine rings is 1. The van der Waals surface area contributed by atoms with E-state index in [1.165, 1.54) is 0 Å². The van der Waals surface area contributed by atoms with Crippen molar-refractivity contribution in [3.8, 4) is 0 Å². The van der Waals surface area contributed by atoms with Gasteiger partial charge in [-0.05, 0) is 18.3 Å². The Balaban J connectivity index is 2.06. The number of aliphatic carboxylic acids is 1. The van der Waals surface area contributed by atoms with Crippen LogP contribution in [0.3, 0.4) is 0 Å². The van der Waals surface area contributed by atoms with Crippen LogP contribution in [-0.2, 0) is 9.53 Å². The minimum absolute atomic E-state index is 0.0851. The van der Waals surface area contributed by atoms with Crippen LogP contribution in [0.2, 0.25) is 0 Å². The summed E-state index contributed by atoms with van der Waals surface area (Å²) in [5.41, 5.74) is -0.528. The van der Waals surface area contributed by atoms with Crippen LogP contribution in [0.1, 0.15) is 46.5 Å². The van der Waals surface area contributed by atoms with Crippen LogP contribution in [0.5, 0.6) is 0 Å². The molecule has 2 rings (SSSR count). The molecule has 21 heavy (non-hydrogen) atoms. The lowest BCUT2D eigenvalue weighted by molar-refractivity contribution is -0.142. The second-order valence-electron chi connectivity index (χ2n) is 7.04. The van der Waals surface area contributed by atoms with E-state index in [1.807, 2.05) is 20.8 Å². The third-order valence-corrected chi connectivity index (χ3v) is 4.37. The van der Waals surface area contributed by atoms with E-state index >= 15 is 0 Å². The lowest BCUT2D eigenvalue weighted by Gasteiger charge is -2.44. The predicted octanol–water partition coefficient (Wildman–Crippen LogP) is 1.84. The molecule has 2 N–H and O–H groups in total. The number of carbonyl (C=O) groups excluding carboxylic acids is 1. The highest BCUT2D eigenvalue weighted by Gasteiger charge is 2.39. The summed E-state index contributed by atoms with van der Waals surface area (Å²) in [6, 6.07) is -1.09. The molecule has 0 radical (unpaired) electrons.